The van der Waals surface area contributed by atoms with Gasteiger partial charge in [0.2, 0.25) is 6.29 Å². The van der Waals surface area contributed by atoms with Gasteiger partial charge in [-0.25, -0.2) is 0 Å². The molecule has 6 heteroatoms. The number of cyclic esters (lactones) is 3. The van der Waals surface area contributed by atoms with Crippen molar-refractivity contribution in [2.75, 3.05) is 0 Å². The predicted octanol–water partition coefficient (Wildman–Crippen LogP) is -0.796. The van der Waals surface area contributed by atoms with Crippen molar-refractivity contribution in [3.63, 3.8) is 0 Å². The number of aliphatic hydroxyl groups is 1. The van der Waals surface area contributed by atoms with Crippen molar-refractivity contribution in [2.24, 2.45) is 23.7 Å². The minimum atomic E-state index is -1.20. The molecule has 0 radical (unpaired) electrons. The van der Waals surface area contributed by atoms with Crippen molar-refractivity contribution in [2.45, 2.75) is 19.1 Å². The first kappa shape index (κ1) is 9.77. The van der Waals surface area contributed by atoms with E-state index in [1.807, 2.05) is 0 Å². The van der Waals surface area contributed by atoms with Gasteiger partial charge in [0.1, 0.15) is 0 Å². The van der Waals surface area contributed by atoms with Gasteiger partial charge in [-0.2, -0.15) is 0 Å². The lowest BCUT2D eigenvalue weighted by Crippen LogP contribution is -2.39. The topological polar surface area (TPSA) is 89.9 Å². The number of carbonyl (C=O) groups excluding carboxylic acids is 3. The third-order valence-electron chi connectivity index (χ3n) is 3.77. The average Bonchev–Trinajstić information content (AvgIpc) is 2.67. The zero-order chi connectivity index (χ0) is 11.4. The molecule has 3 rings (SSSR count). The first-order chi connectivity index (χ1) is 7.58. The highest BCUT2D eigenvalue weighted by Gasteiger charge is 2.60. The highest BCUT2D eigenvalue weighted by molar-refractivity contribution is 5.97. The third kappa shape index (κ3) is 1.13. The molecule has 1 saturated carbocycles. The van der Waals surface area contributed by atoms with Crippen LogP contribution >= 0.6 is 0 Å². The van der Waals surface area contributed by atoms with E-state index in [-0.39, 0.29) is 18.3 Å². The first-order valence-electron chi connectivity index (χ1n) is 5.21. The lowest BCUT2D eigenvalue weighted by Gasteiger charge is -2.30. The zero-order valence-electron chi connectivity index (χ0n) is 8.29. The highest BCUT2D eigenvalue weighted by atomic mass is 16.6. The first-order valence-corrected chi connectivity index (χ1v) is 5.21. The number of hydrogen-bond acceptors (Lipinski definition) is 6. The smallest absolute Gasteiger partial charge is 0.317 e. The Hall–Kier alpha value is -1.43. The average molecular weight is 226 g/mol. The van der Waals surface area contributed by atoms with E-state index < -0.39 is 36.0 Å². The summed E-state index contributed by atoms with van der Waals surface area (Å²) in [7, 11) is 0. The Morgan fingerprint density at radius 3 is 2.62 bits per heavy atom. The summed E-state index contributed by atoms with van der Waals surface area (Å²) in [5.41, 5.74) is 0. The number of ether oxygens (including phenoxy) is 2. The Morgan fingerprint density at radius 2 is 1.88 bits per heavy atom. The summed E-state index contributed by atoms with van der Waals surface area (Å²) in [4.78, 5) is 34.0. The molecule has 0 amide bonds. The molecular weight excluding hydrogens is 216 g/mol. The van der Waals surface area contributed by atoms with Crippen LogP contribution in [0.4, 0.5) is 0 Å². The molecule has 3 fully saturated rings. The second kappa shape index (κ2) is 3.04. The van der Waals surface area contributed by atoms with E-state index in [0.29, 0.717) is 6.42 Å². The number of rotatable bonds is 0. The van der Waals surface area contributed by atoms with Gasteiger partial charge >= 0.3 is 17.9 Å². The summed E-state index contributed by atoms with van der Waals surface area (Å²) in [6.07, 6.45) is -0.767. The van der Waals surface area contributed by atoms with Crippen molar-refractivity contribution in [3.05, 3.63) is 0 Å². The Kier molecular flexibility index (Phi) is 1.85. The number of esters is 3. The van der Waals surface area contributed by atoms with Crippen molar-refractivity contribution < 1.29 is 29.0 Å². The molecule has 3 aliphatic rings. The molecule has 5 atom stereocenters. The molecular formula is C10H10O6. The van der Waals surface area contributed by atoms with Gasteiger partial charge in [-0.15, -0.1) is 0 Å². The van der Waals surface area contributed by atoms with E-state index in [1.165, 1.54) is 0 Å². The molecule has 6 nitrogen and oxygen atoms in total. The number of carbonyl (C=O) groups is 3. The Bertz CT molecular complexity index is 389. The SMILES string of the molecule is O=C1CC2C(CC3C(=O)OC(=O)C32)C(O)O1. The quantitative estimate of drug-likeness (QED) is 0.429. The fourth-order valence-corrected chi connectivity index (χ4v) is 3.07. The fraction of sp³-hybridized carbons (Fsp3) is 0.700. The van der Waals surface area contributed by atoms with Crippen molar-refractivity contribution >= 4 is 17.9 Å². The molecule has 2 saturated heterocycles. The molecule has 1 aliphatic carbocycles. The fourth-order valence-electron chi connectivity index (χ4n) is 3.07. The van der Waals surface area contributed by atoms with Crippen LogP contribution in [0, 0.1) is 23.7 Å². The number of fused-ring (bicyclic) bond motifs is 3. The minimum Gasteiger partial charge on any atom is -0.436 e. The minimum absolute atomic E-state index is 0.0747. The van der Waals surface area contributed by atoms with Crippen LogP contribution in [0.15, 0.2) is 0 Å². The largest absolute Gasteiger partial charge is 0.436 e. The van der Waals surface area contributed by atoms with E-state index in [9.17, 15) is 19.5 Å². The molecule has 86 valence electrons. The monoisotopic (exact) mass is 226 g/mol. The summed E-state index contributed by atoms with van der Waals surface area (Å²) in [5.74, 6) is -3.34. The lowest BCUT2D eigenvalue weighted by molar-refractivity contribution is -0.196. The van der Waals surface area contributed by atoms with Crippen molar-refractivity contribution in [3.8, 4) is 0 Å². The standard InChI is InChI=1S/C10H10O6/c11-6-2-3-4(8(12)15-6)1-5-7(3)10(14)16-9(5)13/h3-5,7-8,12H,1-2H2. The van der Waals surface area contributed by atoms with E-state index in [2.05, 4.69) is 9.47 Å². The summed E-state index contributed by atoms with van der Waals surface area (Å²) >= 11 is 0. The van der Waals surface area contributed by atoms with E-state index >= 15 is 0 Å². The Labute approximate surface area is 90.5 Å². The number of aliphatic hydroxyl groups excluding tert-OH is 1. The summed E-state index contributed by atoms with van der Waals surface area (Å²) < 4.78 is 9.23. The van der Waals surface area contributed by atoms with Gasteiger partial charge in [-0.05, 0) is 12.3 Å². The molecule has 16 heavy (non-hydrogen) atoms. The third-order valence-corrected chi connectivity index (χ3v) is 3.77. The summed E-state index contributed by atoms with van der Waals surface area (Å²) in [6, 6.07) is 0. The van der Waals surface area contributed by atoms with Crippen LogP contribution in [-0.4, -0.2) is 29.3 Å². The molecule has 2 heterocycles. The van der Waals surface area contributed by atoms with Gasteiger partial charge in [-0.1, -0.05) is 0 Å². The second-order valence-corrected chi connectivity index (χ2v) is 4.52. The Balaban J connectivity index is 1.93. The maximum atomic E-state index is 11.5. The zero-order valence-corrected chi connectivity index (χ0v) is 8.29. The van der Waals surface area contributed by atoms with Gasteiger partial charge in [0.05, 0.1) is 11.8 Å². The van der Waals surface area contributed by atoms with Gasteiger partial charge < -0.3 is 14.6 Å². The molecule has 0 aromatic carbocycles. The molecule has 0 aromatic rings. The molecule has 0 aromatic heterocycles. The maximum absolute atomic E-state index is 11.5. The van der Waals surface area contributed by atoms with Crippen LogP contribution < -0.4 is 0 Å². The molecule has 0 bridgehead atoms. The van der Waals surface area contributed by atoms with E-state index in [4.69, 9.17) is 0 Å². The molecule has 0 spiro atoms. The molecule has 5 unspecified atom stereocenters. The van der Waals surface area contributed by atoms with Crippen molar-refractivity contribution in [1.82, 2.24) is 0 Å². The van der Waals surface area contributed by atoms with Crippen molar-refractivity contribution in [1.29, 1.82) is 0 Å². The highest BCUT2D eigenvalue weighted by Crippen LogP contribution is 2.51. The normalized spacial score (nSPS) is 46.1. The van der Waals surface area contributed by atoms with Crippen LogP contribution in [0.3, 0.4) is 0 Å². The summed E-state index contributed by atoms with van der Waals surface area (Å²) in [6.45, 7) is 0. The van der Waals surface area contributed by atoms with Gasteiger partial charge in [0.15, 0.2) is 0 Å². The Morgan fingerprint density at radius 1 is 1.12 bits per heavy atom. The lowest BCUT2D eigenvalue weighted by atomic mass is 9.84. The van der Waals surface area contributed by atoms with E-state index in [1.54, 1.807) is 0 Å². The van der Waals surface area contributed by atoms with Gasteiger partial charge in [0, 0.05) is 12.3 Å². The van der Waals surface area contributed by atoms with E-state index in [0.717, 1.165) is 0 Å². The van der Waals surface area contributed by atoms with Crippen LogP contribution in [0.1, 0.15) is 12.8 Å². The molecule has 2 aliphatic heterocycles. The van der Waals surface area contributed by atoms with Crippen LogP contribution in [0.2, 0.25) is 0 Å². The molecule has 1 N–H and O–H groups in total. The number of hydrogen-bond donors (Lipinski definition) is 1. The summed E-state index contributed by atoms with van der Waals surface area (Å²) in [5, 5.41) is 9.57. The van der Waals surface area contributed by atoms with Gasteiger partial charge in [0.25, 0.3) is 0 Å². The second-order valence-electron chi connectivity index (χ2n) is 4.52. The van der Waals surface area contributed by atoms with Crippen LogP contribution in [-0.2, 0) is 23.9 Å². The van der Waals surface area contributed by atoms with Crippen LogP contribution in [0.5, 0.6) is 0 Å². The predicted molar refractivity (Wildman–Crippen MR) is 46.4 cm³/mol. The maximum Gasteiger partial charge on any atom is 0.317 e. The van der Waals surface area contributed by atoms with Gasteiger partial charge in [-0.3, -0.25) is 14.4 Å². The van der Waals surface area contributed by atoms with Crippen LogP contribution in [0.25, 0.3) is 0 Å².